The van der Waals surface area contributed by atoms with Crippen LogP contribution in [0.15, 0.2) is 122 Å². The highest BCUT2D eigenvalue weighted by molar-refractivity contribution is 8.10. The zero-order chi connectivity index (χ0) is 30.8. The fraction of sp³-hybridized carbons (Fsp3) is 0.0968. The van der Waals surface area contributed by atoms with Crippen LogP contribution in [0.5, 0.6) is 0 Å². The van der Waals surface area contributed by atoms with Gasteiger partial charge in [-0.25, -0.2) is 26.4 Å². The van der Waals surface area contributed by atoms with Crippen LogP contribution in [-0.2, 0) is 31.4 Å². The van der Waals surface area contributed by atoms with Gasteiger partial charge in [0.2, 0.25) is 0 Å². The topological polar surface area (TPSA) is 140 Å². The molecule has 0 saturated heterocycles. The molecule has 5 aromatic rings. The number of benzene rings is 4. The highest BCUT2D eigenvalue weighted by atomic mass is 32.3. The van der Waals surface area contributed by atoms with E-state index in [1.807, 2.05) is 18.2 Å². The van der Waals surface area contributed by atoms with Gasteiger partial charge in [0.1, 0.15) is 12.2 Å². The number of ether oxygens (including phenoxy) is 1. The Bertz CT molecular complexity index is 2000. The predicted molar refractivity (Wildman–Crippen MR) is 162 cm³/mol. The van der Waals surface area contributed by atoms with Crippen LogP contribution in [0.2, 0.25) is 0 Å². The Morgan fingerprint density at radius 2 is 1.33 bits per heavy atom. The third-order valence-electron chi connectivity index (χ3n) is 6.44. The Balaban J connectivity index is 1.58. The molecule has 0 aliphatic heterocycles. The molecule has 0 radical (unpaired) electrons. The van der Waals surface area contributed by atoms with E-state index in [2.05, 4.69) is 5.32 Å². The molecule has 0 spiro atoms. The van der Waals surface area contributed by atoms with E-state index >= 15 is 0 Å². The second kappa shape index (κ2) is 11.7. The van der Waals surface area contributed by atoms with Gasteiger partial charge in [-0.3, -0.25) is 5.32 Å². The van der Waals surface area contributed by atoms with Gasteiger partial charge in [0.25, 0.3) is 20.0 Å². The maximum Gasteiger partial charge on any atom is 0.411 e. The maximum atomic E-state index is 13.9. The lowest BCUT2D eigenvalue weighted by atomic mass is 10.2. The van der Waals surface area contributed by atoms with Crippen molar-refractivity contribution in [2.75, 3.05) is 9.03 Å². The van der Waals surface area contributed by atoms with E-state index in [1.165, 1.54) is 66.7 Å². The number of fused-ring (bicyclic) bond motifs is 1. The fourth-order valence-electron chi connectivity index (χ4n) is 4.19. The lowest BCUT2D eigenvalue weighted by molar-refractivity contribution is 0.155. The monoisotopic (exact) mass is 618 g/mol. The summed E-state index contributed by atoms with van der Waals surface area (Å²) >= 11 is 0. The van der Waals surface area contributed by atoms with Crippen molar-refractivity contribution in [1.29, 1.82) is 0 Å². The molecule has 1 amide bonds. The smallest absolute Gasteiger partial charge is 0.411 e. The van der Waals surface area contributed by atoms with Crippen LogP contribution in [0.25, 0.3) is 11.0 Å². The van der Waals surface area contributed by atoms with Gasteiger partial charge in [0.15, 0.2) is 5.69 Å². The Kier molecular flexibility index (Phi) is 8.07. The summed E-state index contributed by atoms with van der Waals surface area (Å²) in [5.41, 5.74) is 0.613. The second-order valence-corrected chi connectivity index (χ2v) is 13.5. The number of carbonyl (C=O) groups is 1. The van der Waals surface area contributed by atoms with Crippen molar-refractivity contribution < 1.29 is 30.8 Å². The number of nitrogens with one attached hydrogen (secondary N) is 1. The predicted octanol–water partition coefficient (Wildman–Crippen LogP) is 5.74. The summed E-state index contributed by atoms with van der Waals surface area (Å²) in [5.74, 6) is 0. The Morgan fingerprint density at radius 1 is 0.767 bits per heavy atom. The van der Waals surface area contributed by atoms with Gasteiger partial charge in [-0.2, -0.15) is 0 Å². The minimum atomic E-state index is -4.85. The Morgan fingerprint density at radius 3 is 1.88 bits per heavy atom. The SMILES string of the molecule is Cc1ccc(S(=O)(=O)N(c2cc3cc(NC(=O)OCc4ccccc4)ccc3oc2=O)S(=O)(=O)c2ccc(C)cc2)cc1. The standard InChI is InChI=1S/C31H26N2O8S2/c1-21-8-13-26(14-9-21)42(36,37)33(43(38,39)27-15-10-22(2)11-16-27)28-19-24-18-25(12-17-29(24)41-30(28)34)32-31(35)40-20-23-6-4-3-5-7-23/h3-19H,20H2,1-2H3,(H,32,35). The minimum Gasteiger partial charge on any atom is -0.444 e. The summed E-state index contributed by atoms with van der Waals surface area (Å²) in [7, 11) is -9.69. The number of aryl methyl sites for hydroxylation is 2. The molecule has 220 valence electrons. The van der Waals surface area contributed by atoms with Gasteiger partial charge in [-0.15, -0.1) is 3.71 Å². The summed E-state index contributed by atoms with van der Waals surface area (Å²) in [6, 6.07) is 25.5. The molecule has 0 atom stereocenters. The van der Waals surface area contributed by atoms with E-state index in [1.54, 1.807) is 26.0 Å². The minimum absolute atomic E-state index is 0.0297. The summed E-state index contributed by atoms with van der Waals surface area (Å²) in [6.45, 7) is 3.53. The molecule has 1 N–H and O–H groups in total. The first-order valence-electron chi connectivity index (χ1n) is 12.9. The van der Waals surface area contributed by atoms with E-state index in [-0.39, 0.29) is 36.8 Å². The average Bonchev–Trinajstić information content (AvgIpc) is 2.97. The van der Waals surface area contributed by atoms with Crippen LogP contribution in [0.4, 0.5) is 16.2 Å². The number of hydrogen-bond acceptors (Lipinski definition) is 8. The number of sulfonamides is 2. The van der Waals surface area contributed by atoms with Gasteiger partial charge < -0.3 is 9.15 Å². The number of rotatable bonds is 8. The van der Waals surface area contributed by atoms with Gasteiger partial charge in [-0.05, 0) is 67.9 Å². The molecule has 0 unspecified atom stereocenters. The molecule has 0 aliphatic rings. The summed E-state index contributed by atoms with van der Waals surface area (Å²) < 4.78 is 66.4. The van der Waals surface area contributed by atoms with Crippen LogP contribution in [0, 0.1) is 13.8 Å². The van der Waals surface area contributed by atoms with Crippen molar-refractivity contribution >= 4 is 48.5 Å². The quantitative estimate of drug-likeness (QED) is 0.217. The van der Waals surface area contributed by atoms with Crippen molar-refractivity contribution in [1.82, 2.24) is 0 Å². The maximum absolute atomic E-state index is 13.9. The fourth-order valence-corrected chi connectivity index (χ4v) is 7.86. The van der Waals surface area contributed by atoms with Crippen molar-refractivity contribution in [3.63, 3.8) is 0 Å². The third kappa shape index (κ3) is 6.30. The molecule has 0 fully saturated rings. The molecule has 1 aromatic heterocycles. The second-order valence-electron chi connectivity index (χ2n) is 9.69. The molecule has 5 rings (SSSR count). The van der Waals surface area contributed by atoms with E-state index in [9.17, 15) is 26.4 Å². The van der Waals surface area contributed by atoms with Crippen molar-refractivity contribution in [2.24, 2.45) is 0 Å². The molecule has 1 heterocycles. The van der Waals surface area contributed by atoms with Crippen LogP contribution in [0.1, 0.15) is 16.7 Å². The van der Waals surface area contributed by atoms with E-state index in [0.29, 0.717) is 0 Å². The van der Waals surface area contributed by atoms with Gasteiger partial charge >= 0.3 is 11.7 Å². The Labute approximate surface area is 248 Å². The number of hydrogen-bond donors (Lipinski definition) is 1. The molecule has 0 aliphatic carbocycles. The number of nitrogens with zero attached hydrogens (tertiary/aromatic N) is 1. The first-order valence-corrected chi connectivity index (χ1v) is 15.8. The lowest BCUT2D eigenvalue weighted by Crippen LogP contribution is -2.39. The number of carbonyl (C=O) groups excluding carboxylic acids is 1. The molecule has 43 heavy (non-hydrogen) atoms. The lowest BCUT2D eigenvalue weighted by Gasteiger charge is -2.23. The zero-order valence-electron chi connectivity index (χ0n) is 23.1. The summed E-state index contributed by atoms with van der Waals surface area (Å²) in [6.07, 6.45) is -0.758. The van der Waals surface area contributed by atoms with Crippen LogP contribution in [0.3, 0.4) is 0 Å². The molecule has 4 aromatic carbocycles. The van der Waals surface area contributed by atoms with Crippen molar-refractivity contribution in [3.8, 4) is 0 Å². The first kappa shape index (κ1) is 29.5. The van der Waals surface area contributed by atoms with Crippen molar-refractivity contribution in [3.05, 3.63) is 130 Å². The van der Waals surface area contributed by atoms with Crippen LogP contribution in [-0.4, -0.2) is 22.9 Å². The third-order valence-corrected chi connectivity index (χ3v) is 10.6. The van der Waals surface area contributed by atoms with E-state index < -0.39 is 37.5 Å². The molecule has 0 bridgehead atoms. The van der Waals surface area contributed by atoms with Gasteiger partial charge in [-0.1, -0.05) is 65.7 Å². The number of amides is 1. The van der Waals surface area contributed by atoms with Crippen molar-refractivity contribution in [2.45, 2.75) is 30.2 Å². The van der Waals surface area contributed by atoms with E-state index in [0.717, 1.165) is 22.8 Å². The molecule has 0 saturated carbocycles. The largest absolute Gasteiger partial charge is 0.444 e. The molecule has 10 nitrogen and oxygen atoms in total. The highest BCUT2D eigenvalue weighted by Gasteiger charge is 2.39. The van der Waals surface area contributed by atoms with Gasteiger partial charge in [0.05, 0.1) is 9.79 Å². The highest BCUT2D eigenvalue weighted by Crippen LogP contribution is 2.31. The normalized spacial score (nSPS) is 11.7. The molecular formula is C31H26N2O8S2. The first-order chi connectivity index (χ1) is 20.4. The van der Waals surface area contributed by atoms with Gasteiger partial charge in [0, 0.05) is 11.1 Å². The molecular weight excluding hydrogens is 592 g/mol. The molecule has 12 heteroatoms. The van der Waals surface area contributed by atoms with Crippen LogP contribution >= 0.6 is 0 Å². The average molecular weight is 619 g/mol. The Hall–Kier alpha value is -4.94. The summed E-state index contributed by atoms with van der Waals surface area (Å²) in [5, 5.41) is 2.71. The van der Waals surface area contributed by atoms with Crippen LogP contribution < -0.4 is 14.7 Å². The number of anilines is 2. The van der Waals surface area contributed by atoms with E-state index in [4.69, 9.17) is 9.15 Å². The summed E-state index contributed by atoms with van der Waals surface area (Å²) in [4.78, 5) is 24.9. The zero-order valence-corrected chi connectivity index (χ0v) is 24.7.